The van der Waals surface area contributed by atoms with Crippen molar-refractivity contribution in [2.24, 2.45) is 5.92 Å². The minimum atomic E-state index is -0.266. The molecule has 0 radical (unpaired) electrons. The van der Waals surface area contributed by atoms with Crippen LogP contribution in [0.15, 0.2) is 0 Å². The van der Waals surface area contributed by atoms with Crippen LogP contribution in [0, 0.1) is 5.92 Å². The van der Waals surface area contributed by atoms with Crippen molar-refractivity contribution in [2.45, 2.75) is 50.5 Å². The molecule has 76 valence electrons. The van der Waals surface area contributed by atoms with E-state index in [1.54, 1.807) is 0 Å². The van der Waals surface area contributed by atoms with Crippen molar-refractivity contribution in [3.8, 4) is 0 Å². The molecule has 0 atom stereocenters. The van der Waals surface area contributed by atoms with E-state index in [0.29, 0.717) is 0 Å². The summed E-state index contributed by atoms with van der Waals surface area (Å²) >= 11 is 0. The van der Waals surface area contributed by atoms with Gasteiger partial charge in [0.05, 0.1) is 5.60 Å². The van der Waals surface area contributed by atoms with Crippen LogP contribution >= 0.6 is 0 Å². The number of hydrogen-bond acceptors (Lipinski definition) is 2. The third-order valence-corrected chi connectivity index (χ3v) is 3.64. The van der Waals surface area contributed by atoms with Crippen molar-refractivity contribution in [2.75, 3.05) is 13.2 Å². The van der Waals surface area contributed by atoms with Crippen LogP contribution < -0.4 is 0 Å². The van der Waals surface area contributed by atoms with Crippen LogP contribution in [0.3, 0.4) is 0 Å². The molecule has 1 aliphatic carbocycles. The van der Waals surface area contributed by atoms with Crippen molar-refractivity contribution in [1.29, 1.82) is 0 Å². The van der Waals surface area contributed by atoms with Crippen LogP contribution in [-0.4, -0.2) is 23.9 Å². The van der Waals surface area contributed by atoms with Crippen LogP contribution in [0.2, 0.25) is 0 Å². The topological polar surface area (TPSA) is 29.5 Å². The molecule has 0 amide bonds. The van der Waals surface area contributed by atoms with E-state index in [2.05, 4.69) is 0 Å². The first kappa shape index (κ1) is 9.47. The molecular weight excluding hydrogens is 164 g/mol. The zero-order valence-corrected chi connectivity index (χ0v) is 8.30. The average Bonchev–Trinajstić information content (AvgIpc) is 2.13. The Balaban J connectivity index is 1.66. The van der Waals surface area contributed by atoms with E-state index in [-0.39, 0.29) is 5.60 Å². The third-order valence-electron chi connectivity index (χ3n) is 3.64. The first-order chi connectivity index (χ1) is 6.29. The lowest BCUT2D eigenvalue weighted by Gasteiger charge is -2.38. The van der Waals surface area contributed by atoms with E-state index in [9.17, 15) is 5.11 Å². The lowest BCUT2D eigenvalue weighted by molar-refractivity contribution is -0.0485. The van der Waals surface area contributed by atoms with Gasteiger partial charge < -0.3 is 9.84 Å². The Hall–Kier alpha value is -0.0800. The molecule has 1 N–H and O–H groups in total. The van der Waals surface area contributed by atoms with E-state index >= 15 is 0 Å². The highest BCUT2D eigenvalue weighted by Gasteiger charge is 2.34. The Morgan fingerprint density at radius 2 is 1.92 bits per heavy atom. The summed E-state index contributed by atoms with van der Waals surface area (Å²) in [4.78, 5) is 0. The molecule has 2 rings (SSSR count). The molecule has 2 aliphatic rings. The number of hydrogen-bond donors (Lipinski definition) is 1. The zero-order chi connectivity index (χ0) is 9.15. The molecule has 2 fully saturated rings. The fraction of sp³-hybridized carbons (Fsp3) is 1.00. The van der Waals surface area contributed by atoms with Crippen LogP contribution in [0.1, 0.15) is 44.9 Å². The Bertz CT molecular complexity index is 157. The molecule has 0 unspecified atom stereocenters. The van der Waals surface area contributed by atoms with Gasteiger partial charge in [-0.05, 0) is 50.9 Å². The Labute approximate surface area is 80.3 Å². The fourth-order valence-corrected chi connectivity index (χ4v) is 2.34. The van der Waals surface area contributed by atoms with Crippen molar-refractivity contribution < 1.29 is 9.84 Å². The summed E-state index contributed by atoms with van der Waals surface area (Å²) in [6, 6.07) is 0. The predicted octanol–water partition coefficient (Wildman–Crippen LogP) is 2.11. The fourth-order valence-electron chi connectivity index (χ4n) is 2.34. The first-order valence-electron chi connectivity index (χ1n) is 5.59. The first-order valence-corrected chi connectivity index (χ1v) is 5.59. The van der Waals surface area contributed by atoms with E-state index in [4.69, 9.17) is 4.74 Å². The second-order valence-electron chi connectivity index (χ2n) is 4.67. The maximum atomic E-state index is 9.91. The smallest absolute Gasteiger partial charge is 0.0648 e. The zero-order valence-electron chi connectivity index (χ0n) is 8.30. The van der Waals surface area contributed by atoms with Crippen molar-refractivity contribution in [3.63, 3.8) is 0 Å². The summed E-state index contributed by atoms with van der Waals surface area (Å²) in [7, 11) is 0. The van der Waals surface area contributed by atoms with Gasteiger partial charge in [-0.3, -0.25) is 0 Å². The van der Waals surface area contributed by atoms with Crippen molar-refractivity contribution in [1.82, 2.24) is 0 Å². The SMILES string of the molecule is OC1(CCC2CCOCC2)CCC1. The van der Waals surface area contributed by atoms with E-state index < -0.39 is 0 Å². The summed E-state index contributed by atoms with van der Waals surface area (Å²) in [6.07, 6.45) is 7.94. The molecule has 0 aromatic rings. The summed E-state index contributed by atoms with van der Waals surface area (Å²) in [5.74, 6) is 0.818. The number of aliphatic hydroxyl groups is 1. The van der Waals surface area contributed by atoms with Gasteiger partial charge in [-0.1, -0.05) is 0 Å². The van der Waals surface area contributed by atoms with E-state index in [0.717, 1.165) is 38.4 Å². The van der Waals surface area contributed by atoms with Gasteiger partial charge in [0.25, 0.3) is 0 Å². The van der Waals surface area contributed by atoms with Gasteiger partial charge in [0.2, 0.25) is 0 Å². The van der Waals surface area contributed by atoms with Crippen LogP contribution in [0.25, 0.3) is 0 Å². The summed E-state index contributed by atoms with van der Waals surface area (Å²) in [5.41, 5.74) is -0.266. The molecule has 2 heteroatoms. The second kappa shape index (κ2) is 3.97. The molecule has 0 spiro atoms. The highest BCUT2D eigenvalue weighted by molar-refractivity contribution is 4.87. The lowest BCUT2D eigenvalue weighted by Crippen LogP contribution is -2.37. The second-order valence-corrected chi connectivity index (χ2v) is 4.67. The van der Waals surface area contributed by atoms with Gasteiger partial charge >= 0.3 is 0 Å². The number of rotatable bonds is 3. The minimum absolute atomic E-state index is 0.266. The molecule has 1 aliphatic heterocycles. The Kier molecular flexibility index (Phi) is 2.89. The Morgan fingerprint density at radius 1 is 1.23 bits per heavy atom. The van der Waals surface area contributed by atoms with Gasteiger partial charge in [-0.25, -0.2) is 0 Å². The van der Waals surface area contributed by atoms with Crippen molar-refractivity contribution >= 4 is 0 Å². The molecule has 13 heavy (non-hydrogen) atoms. The van der Waals surface area contributed by atoms with Gasteiger partial charge in [0.1, 0.15) is 0 Å². The molecule has 0 aromatic carbocycles. The van der Waals surface area contributed by atoms with E-state index in [1.165, 1.54) is 25.7 Å². The quantitative estimate of drug-likeness (QED) is 0.728. The highest BCUT2D eigenvalue weighted by atomic mass is 16.5. The largest absolute Gasteiger partial charge is 0.390 e. The molecule has 0 aromatic heterocycles. The maximum Gasteiger partial charge on any atom is 0.0648 e. The minimum Gasteiger partial charge on any atom is -0.390 e. The van der Waals surface area contributed by atoms with Gasteiger partial charge in [0, 0.05) is 13.2 Å². The standard InChI is InChI=1S/C11H20O2/c12-11(5-1-6-11)7-2-10-3-8-13-9-4-10/h10,12H,1-9H2. The molecule has 1 heterocycles. The summed E-state index contributed by atoms with van der Waals surface area (Å²) in [6.45, 7) is 1.87. The number of ether oxygens (including phenoxy) is 1. The molecule has 1 saturated carbocycles. The summed E-state index contributed by atoms with van der Waals surface area (Å²) < 4.78 is 5.31. The average molecular weight is 184 g/mol. The summed E-state index contributed by atoms with van der Waals surface area (Å²) in [5, 5.41) is 9.91. The Morgan fingerprint density at radius 3 is 2.46 bits per heavy atom. The molecule has 1 saturated heterocycles. The van der Waals surface area contributed by atoms with Crippen LogP contribution in [-0.2, 0) is 4.74 Å². The van der Waals surface area contributed by atoms with E-state index in [1.807, 2.05) is 0 Å². The molecular formula is C11H20O2. The predicted molar refractivity (Wildman–Crippen MR) is 51.6 cm³/mol. The highest BCUT2D eigenvalue weighted by Crippen LogP contribution is 2.37. The molecule has 0 bridgehead atoms. The maximum absolute atomic E-state index is 9.91. The van der Waals surface area contributed by atoms with Gasteiger partial charge in [-0.2, -0.15) is 0 Å². The van der Waals surface area contributed by atoms with Gasteiger partial charge in [-0.15, -0.1) is 0 Å². The van der Waals surface area contributed by atoms with Gasteiger partial charge in [0.15, 0.2) is 0 Å². The normalized spacial score (nSPS) is 28.4. The molecule has 2 nitrogen and oxygen atoms in total. The van der Waals surface area contributed by atoms with Crippen molar-refractivity contribution in [3.05, 3.63) is 0 Å². The lowest BCUT2D eigenvalue weighted by atomic mass is 9.75. The monoisotopic (exact) mass is 184 g/mol. The van der Waals surface area contributed by atoms with Crippen LogP contribution in [0.4, 0.5) is 0 Å². The third kappa shape index (κ3) is 2.44. The van der Waals surface area contributed by atoms with Crippen LogP contribution in [0.5, 0.6) is 0 Å².